The van der Waals surface area contributed by atoms with Crippen molar-refractivity contribution in [1.29, 1.82) is 5.41 Å². The number of aliphatic carboxylic acids is 1. The maximum absolute atomic E-state index is 13.4. The normalized spacial score (nSPS) is 15.2. The maximum Gasteiger partial charge on any atom is 0.317 e. The third-order valence-electron chi connectivity index (χ3n) is 6.59. The molecule has 0 aliphatic carbocycles. The standard InChI is InChI=1S/C28H38N6O5/c1-2-39-22-10-8-20(9-11-22)16-23(31-18-25(35)36)26(37)33-24(17-19-6-4-3-5-7-19)27(38)32-21-12-14-34(15-13-21)28(29)30/h3-11,21,23-24,31H,2,12-18H2,1H3,(H3,29,30)(H,32,38)(H,33,37)(H,35,36)/t23?,24-/m1/s1. The number of nitrogens with one attached hydrogen (secondary N) is 4. The highest BCUT2D eigenvalue weighted by molar-refractivity contribution is 5.90. The number of piperidine rings is 1. The van der Waals surface area contributed by atoms with Gasteiger partial charge in [0, 0.05) is 25.6 Å². The minimum absolute atomic E-state index is 0.0152. The van der Waals surface area contributed by atoms with Crippen LogP contribution in [0.4, 0.5) is 0 Å². The summed E-state index contributed by atoms with van der Waals surface area (Å²) in [4.78, 5) is 39.8. The summed E-state index contributed by atoms with van der Waals surface area (Å²) in [7, 11) is 0. The number of likely N-dealkylation sites (tertiary alicyclic amines) is 1. The number of hydrogen-bond acceptors (Lipinski definition) is 6. The SMILES string of the molecule is CCOc1ccc(CC(NCC(=O)O)C(=O)N[C@H](Cc2ccccc2)C(=O)NC2CCN(C(=N)N)CC2)cc1. The fourth-order valence-electron chi connectivity index (χ4n) is 4.49. The summed E-state index contributed by atoms with van der Waals surface area (Å²) in [6, 6.07) is 14.8. The second-order valence-corrected chi connectivity index (χ2v) is 9.51. The molecule has 1 fully saturated rings. The van der Waals surface area contributed by atoms with E-state index < -0.39 is 30.5 Å². The van der Waals surface area contributed by atoms with Crippen LogP contribution in [0.15, 0.2) is 54.6 Å². The van der Waals surface area contributed by atoms with Crippen LogP contribution in [0, 0.1) is 5.41 Å². The van der Waals surface area contributed by atoms with E-state index in [1.807, 2.05) is 49.4 Å². The van der Waals surface area contributed by atoms with Crippen molar-refractivity contribution < 1.29 is 24.2 Å². The number of carbonyl (C=O) groups is 3. The molecule has 2 amide bonds. The molecule has 0 bridgehead atoms. The molecule has 0 aromatic heterocycles. The molecule has 0 spiro atoms. The Morgan fingerprint density at radius 2 is 1.62 bits per heavy atom. The second-order valence-electron chi connectivity index (χ2n) is 9.51. The Labute approximate surface area is 228 Å². The molecule has 1 aliphatic rings. The van der Waals surface area contributed by atoms with Crippen molar-refractivity contribution in [3.8, 4) is 5.75 Å². The number of carbonyl (C=O) groups excluding carboxylic acids is 2. The minimum atomic E-state index is -1.09. The Balaban J connectivity index is 1.72. The van der Waals surface area contributed by atoms with Gasteiger partial charge in [-0.1, -0.05) is 42.5 Å². The highest BCUT2D eigenvalue weighted by Gasteiger charge is 2.29. The van der Waals surface area contributed by atoms with Crippen LogP contribution >= 0.6 is 0 Å². The predicted octanol–water partition coefficient (Wildman–Crippen LogP) is 0.872. The molecule has 7 N–H and O–H groups in total. The molecule has 1 unspecified atom stereocenters. The van der Waals surface area contributed by atoms with E-state index in [-0.39, 0.29) is 30.8 Å². The van der Waals surface area contributed by atoms with Crippen LogP contribution in [0.25, 0.3) is 0 Å². The number of amides is 2. The van der Waals surface area contributed by atoms with Crippen LogP contribution in [0.5, 0.6) is 5.75 Å². The second kappa shape index (κ2) is 14.7. The van der Waals surface area contributed by atoms with Gasteiger partial charge in [0.1, 0.15) is 11.8 Å². The zero-order valence-corrected chi connectivity index (χ0v) is 22.2. The number of nitrogens with zero attached hydrogens (tertiary/aromatic N) is 1. The lowest BCUT2D eigenvalue weighted by atomic mass is 10.0. The molecule has 1 saturated heterocycles. The van der Waals surface area contributed by atoms with E-state index in [0.717, 1.165) is 11.1 Å². The van der Waals surface area contributed by atoms with Gasteiger partial charge in [-0.25, -0.2) is 0 Å². The smallest absolute Gasteiger partial charge is 0.317 e. The maximum atomic E-state index is 13.4. The summed E-state index contributed by atoms with van der Waals surface area (Å²) in [5.74, 6) is -1.15. The van der Waals surface area contributed by atoms with Gasteiger partial charge in [0.15, 0.2) is 5.96 Å². The minimum Gasteiger partial charge on any atom is -0.494 e. The van der Waals surface area contributed by atoms with Crippen LogP contribution < -0.4 is 26.4 Å². The Bertz CT molecular complexity index is 1100. The van der Waals surface area contributed by atoms with E-state index >= 15 is 0 Å². The number of ether oxygens (including phenoxy) is 1. The van der Waals surface area contributed by atoms with Crippen molar-refractivity contribution in [2.75, 3.05) is 26.2 Å². The molecular formula is C28H38N6O5. The zero-order valence-electron chi connectivity index (χ0n) is 22.2. The lowest BCUT2D eigenvalue weighted by molar-refractivity contribution is -0.136. The summed E-state index contributed by atoms with van der Waals surface area (Å²) in [5.41, 5.74) is 7.27. The van der Waals surface area contributed by atoms with E-state index in [4.69, 9.17) is 15.9 Å². The van der Waals surface area contributed by atoms with Crippen molar-refractivity contribution >= 4 is 23.7 Å². The van der Waals surface area contributed by atoms with Gasteiger partial charge >= 0.3 is 5.97 Å². The van der Waals surface area contributed by atoms with Crippen LogP contribution in [-0.4, -0.2) is 78.1 Å². The molecular weight excluding hydrogens is 500 g/mol. The van der Waals surface area contributed by atoms with E-state index in [1.165, 1.54) is 0 Å². The Morgan fingerprint density at radius 3 is 2.21 bits per heavy atom. The summed E-state index contributed by atoms with van der Waals surface area (Å²) in [6.07, 6.45) is 1.78. The average Bonchev–Trinajstić information content (AvgIpc) is 2.92. The van der Waals surface area contributed by atoms with Crippen molar-refractivity contribution in [2.45, 2.75) is 50.7 Å². The number of benzene rings is 2. The molecule has 1 aliphatic heterocycles. The first-order chi connectivity index (χ1) is 18.7. The van der Waals surface area contributed by atoms with E-state index in [1.54, 1.807) is 17.0 Å². The van der Waals surface area contributed by atoms with E-state index in [0.29, 0.717) is 38.3 Å². The molecule has 0 radical (unpaired) electrons. The number of carboxylic acids is 1. The third kappa shape index (κ3) is 9.60. The van der Waals surface area contributed by atoms with Gasteiger partial charge < -0.3 is 31.1 Å². The molecule has 2 aromatic rings. The number of nitrogens with two attached hydrogens (primary N) is 1. The lowest BCUT2D eigenvalue weighted by Gasteiger charge is -2.33. The lowest BCUT2D eigenvalue weighted by Crippen LogP contribution is -2.57. The molecule has 0 saturated carbocycles. The van der Waals surface area contributed by atoms with Crippen molar-refractivity contribution in [3.63, 3.8) is 0 Å². The Morgan fingerprint density at radius 1 is 1.00 bits per heavy atom. The van der Waals surface area contributed by atoms with Crippen LogP contribution in [0.1, 0.15) is 30.9 Å². The highest BCUT2D eigenvalue weighted by Crippen LogP contribution is 2.15. The molecule has 39 heavy (non-hydrogen) atoms. The van der Waals surface area contributed by atoms with Crippen molar-refractivity contribution in [3.05, 3.63) is 65.7 Å². The molecule has 2 aromatic carbocycles. The van der Waals surface area contributed by atoms with Gasteiger partial charge in [0.05, 0.1) is 19.2 Å². The van der Waals surface area contributed by atoms with Gasteiger partial charge in [0.2, 0.25) is 11.8 Å². The molecule has 1 heterocycles. The molecule has 210 valence electrons. The molecule has 2 atom stereocenters. The summed E-state index contributed by atoms with van der Waals surface area (Å²) >= 11 is 0. The Hall–Kier alpha value is -4.12. The van der Waals surface area contributed by atoms with Crippen molar-refractivity contribution in [1.82, 2.24) is 20.9 Å². The summed E-state index contributed by atoms with van der Waals surface area (Å²) in [6.45, 7) is 3.16. The number of carboxylic acid groups (broad SMARTS) is 1. The van der Waals surface area contributed by atoms with Crippen LogP contribution in [0.3, 0.4) is 0 Å². The molecule has 11 heteroatoms. The van der Waals surface area contributed by atoms with E-state index in [9.17, 15) is 19.5 Å². The zero-order chi connectivity index (χ0) is 28.2. The average molecular weight is 539 g/mol. The molecule has 3 rings (SSSR count). The van der Waals surface area contributed by atoms with Gasteiger partial charge in [-0.2, -0.15) is 0 Å². The third-order valence-corrected chi connectivity index (χ3v) is 6.59. The predicted molar refractivity (Wildman–Crippen MR) is 147 cm³/mol. The Kier molecular flexibility index (Phi) is 11.1. The number of hydrogen-bond donors (Lipinski definition) is 6. The summed E-state index contributed by atoms with van der Waals surface area (Å²) < 4.78 is 5.47. The monoisotopic (exact) mass is 538 g/mol. The van der Waals surface area contributed by atoms with Crippen LogP contribution in [0.2, 0.25) is 0 Å². The first-order valence-corrected chi connectivity index (χ1v) is 13.2. The first-order valence-electron chi connectivity index (χ1n) is 13.2. The largest absolute Gasteiger partial charge is 0.494 e. The van der Waals surface area contributed by atoms with Gasteiger partial charge in [-0.3, -0.25) is 25.1 Å². The van der Waals surface area contributed by atoms with E-state index in [2.05, 4.69) is 16.0 Å². The summed E-state index contributed by atoms with van der Waals surface area (Å²) in [5, 5.41) is 25.5. The topological polar surface area (TPSA) is 170 Å². The van der Waals surface area contributed by atoms with Gasteiger partial charge in [0.25, 0.3) is 0 Å². The van der Waals surface area contributed by atoms with Gasteiger partial charge in [-0.05, 0) is 49.4 Å². The number of rotatable bonds is 13. The fraction of sp³-hybridized carbons (Fsp3) is 0.429. The van der Waals surface area contributed by atoms with Crippen molar-refractivity contribution in [2.24, 2.45) is 5.73 Å². The first kappa shape index (κ1) is 29.4. The fourth-order valence-corrected chi connectivity index (χ4v) is 4.49. The molecule has 11 nitrogen and oxygen atoms in total. The highest BCUT2D eigenvalue weighted by atomic mass is 16.5. The number of guanidine groups is 1. The quantitative estimate of drug-likeness (QED) is 0.161. The van der Waals surface area contributed by atoms with Gasteiger partial charge in [-0.15, -0.1) is 0 Å². The van der Waals surface area contributed by atoms with Crippen LogP contribution in [-0.2, 0) is 27.2 Å².